The Morgan fingerprint density at radius 3 is 2.36 bits per heavy atom. The van der Waals surface area contributed by atoms with E-state index in [1.165, 1.54) is 14.0 Å². The SMILES string of the molecule is CCNC(=O)CC(C)(COC)C(C)=O. The van der Waals surface area contributed by atoms with Crippen LogP contribution in [0.15, 0.2) is 0 Å². The number of ether oxygens (including phenoxy) is 1. The number of Topliss-reactive ketones (excluding diaryl/α,β-unsaturated/α-hetero) is 1. The highest BCUT2D eigenvalue weighted by molar-refractivity contribution is 5.88. The Kier molecular flexibility index (Phi) is 5.38. The lowest BCUT2D eigenvalue weighted by molar-refractivity contribution is -0.135. The molecule has 0 fully saturated rings. The predicted molar refractivity (Wildman–Crippen MR) is 54.0 cm³/mol. The zero-order valence-electron chi connectivity index (χ0n) is 9.35. The highest BCUT2D eigenvalue weighted by atomic mass is 16.5. The van der Waals surface area contributed by atoms with Crippen LogP contribution in [0.2, 0.25) is 0 Å². The highest BCUT2D eigenvalue weighted by Gasteiger charge is 2.32. The second kappa shape index (κ2) is 5.75. The molecule has 0 spiro atoms. The summed E-state index contributed by atoms with van der Waals surface area (Å²) in [4.78, 5) is 22.7. The van der Waals surface area contributed by atoms with Crippen molar-refractivity contribution in [2.75, 3.05) is 20.3 Å². The molecule has 1 N–H and O–H groups in total. The van der Waals surface area contributed by atoms with E-state index >= 15 is 0 Å². The normalized spacial score (nSPS) is 14.6. The topological polar surface area (TPSA) is 55.4 Å². The molecule has 0 saturated heterocycles. The Morgan fingerprint density at radius 1 is 1.43 bits per heavy atom. The zero-order chi connectivity index (χ0) is 11.2. The first-order chi connectivity index (χ1) is 6.46. The van der Waals surface area contributed by atoms with Gasteiger partial charge in [-0.3, -0.25) is 9.59 Å². The molecule has 0 aliphatic heterocycles. The van der Waals surface area contributed by atoms with Crippen LogP contribution in [0, 0.1) is 5.41 Å². The Labute approximate surface area is 85.0 Å². The molecule has 14 heavy (non-hydrogen) atoms. The molecule has 0 aliphatic rings. The number of hydrogen-bond donors (Lipinski definition) is 1. The number of carbonyl (C=O) groups is 2. The largest absolute Gasteiger partial charge is 0.384 e. The van der Waals surface area contributed by atoms with Gasteiger partial charge in [0.1, 0.15) is 5.78 Å². The van der Waals surface area contributed by atoms with Crippen LogP contribution in [0.5, 0.6) is 0 Å². The fraction of sp³-hybridized carbons (Fsp3) is 0.800. The third-order valence-electron chi connectivity index (χ3n) is 2.24. The molecule has 0 aliphatic carbocycles. The minimum Gasteiger partial charge on any atom is -0.384 e. The van der Waals surface area contributed by atoms with E-state index in [1.807, 2.05) is 6.92 Å². The summed E-state index contributed by atoms with van der Waals surface area (Å²) >= 11 is 0. The first kappa shape index (κ1) is 13.1. The molecule has 0 heterocycles. The molecule has 4 heteroatoms. The Hall–Kier alpha value is -0.900. The zero-order valence-corrected chi connectivity index (χ0v) is 9.35. The molecular formula is C10H19NO3. The smallest absolute Gasteiger partial charge is 0.221 e. The molecule has 4 nitrogen and oxygen atoms in total. The molecule has 82 valence electrons. The quantitative estimate of drug-likeness (QED) is 0.690. The van der Waals surface area contributed by atoms with Gasteiger partial charge in [-0.2, -0.15) is 0 Å². The van der Waals surface area contributed by atoms with Crippen molar-refractivity contribution in [1.82, 2.24) is 5.32 Å². The van der Waals surface area contributed by atoms with Crippen LogP contribution in [0.1, 0.15) is 27.2 Å². The lowest BCUT2D eigenvalue weighted by atomic mass is 9.83. The first-order valence-corrected chi connectivity index (χ1v) is 4.73. The van der Waals surface area contributed by atoms with E-state index in [0.717, 1.165) is 0 Å². The van der Waals surface area contributed by atoms with E-state index < -0.39 is 5.41 Å². The van der Waals surface area contributed by atoms with Crippen LogP contribution >= 0.6 is 0 Å². The average Bonchev–Trinajstić information content (AvgIpc) is 2.04. The van der Waals surface area contributed by atoms with Crippen LogP contribution in [0.4, 0.5) is 0 Å². The van der Waals surface area contributed by atoms with Gasteiger partial charge in [0.25, 0.3) is 0 Å². The van der Waals surface area contributed by atoms with Crippen molar-refractivity contribution in [1.29, 1.82) is 0 Å². The third kappa shape index (κ3) is 3.87. The van der Waals surface area contributed by atoms with Crippen molar-refractivity contribution >= 4 is 11.7 Å². The molecule has 0 saturated carbocycles. The summed E-state index contributed by atoms with van der Waals surface area (Å²) in [5, 5.41) is 2.67. The summed E-state index contributed by atoms with van der Waals surface area (Å²) in [6, 6.07) is 0. The minimum absolute atomic E-state index is 0.0226. The maximum absolute atomic E-state index is 11.3. The molecule has 0 rings (SSSR count). The number of hydrogen-bond acceptors (Lipinski definition) is 3. The average molecular weight is 201 g/mol. The molecule has 1 unspecified atom stereocenters. The van der Waals surface area contributed by atoms with Crippen molar-refractivity contribution < 1.29 is 14.3 Å². The van der Waals surface area contributed by atoms with Gasteiger partial charge in [0, 0.05) is 20.1 Å². The van der Waals surface area contributed by atoms with Gasteiger partial charge in [-0.15, -0.1) is 0 Å². The van der Waals surface area contributed by atoms with E-state index in [2.05, 4.69) is 5.32 Å². The number of nitrogens with one attached hydrogen (secondary N) is 1. The van der Waals surface area contributed by atoms with Crippen molar-refractivity contribution in [3.8, 4) is 0 Å². The number of methoxy groups -OCH3 is 1. The molecule has 0 aromatic heterocycles. The third-order valence-corrected chi connectivity index (χ3v) is 2.24. The van der Waals surface area contributed by atoms with Crippen molar-refractivity contribution in [2.45, 2.75) is 27.2 Å². The number of rotatable bonds is 6. The monoisotopic (exact) mass is 201 g/mol. The summed E-state index contributed by atoms with van der Waals surface area (Å²) < 4.78 is 4.95. The number of carbonyl (C=O) groups excluding carboxylic acids is 2. The number of amides is 1. The maximum atomic E-state index is 11.3. The van der Waals surface area contributed by atoms with E-state index in [1.54, 1.807) is 6.92 Å². The van der Waals surface area contributed by atoms with Crippen LogP contribution in [0.25, 0.3) is 0 Å². The van der Waals surface area contributed by atoms with E-state index in [-0.39, 0.29) is 24.7 Å². The Balaban J connectivity index is 4.36. The fourth-order valence-electron chi connectivity index (χ4n) is 1.21. The maximum Gasteiger partial charge on any atom is 0.221 e. The van der Waals surface area contributed by atoms with Gasteiger partial charge in [0.2, 0.25) is 5.91 Å². The summed E-state index contributed by atoms with van der Waals surface area (Å²) in [5.74, 6) is -0.132. The Bertz CT molecular complexity index is 215. The van der Waals surface area contributed by atoms with Gasteiger partial charge in [-0.25, -0.2) is 0 Å². The summed E-state index contributed by atoms with van der Waals surface area (Å²) in [6.45, 7) is 5.94. The summed E-state index contributed by atoms with van der Waals surface area (Å²) in [7, 11) is 1.53. The summed E-state index contributed by atoms with van der Waals surface area (Å²) in [5.41, 5.74) is -0.700. The minimum atomic E-state index is -0.700. The Morgan fingerprint density at radius 2 is 2.00 bits per heavy atom. The van der Waals surface area contributed by atoms with Gasteiger partial charge in [0.15, 0.2) is 0 Å². The molecule has 1 amide bonds. The fourth-order valence-corrected chi connectivity index (χ4v) is 1.21. The van der Waals surface area contributed by atoms with Gasteiger partial charge >= 0.3 is 0 Å². The first-order valence-electron chi connectivity index (χ1n) is 4.73. The van der Waals surface area contributed by atoms with Crippen LogP contribution in [0.3, 0.4) is 0 Å². The van der Waals surface area contributed by atoms with Gasteiger partial charge < -0.3 is 10.1 Å². The molecule has 0 radical (unpaired) electrons. The molecular weight excluding hydrogens is 182 g/mol. The van der Waals surface area contributed by atoms with Gasteiger partial charge in [-0.05, 0) is 20.8 Å². The molecule has 0 aromatic rings. The van der Waals surface area contributed by atoms with Crippen LogP contribution in [-0.2, 0) is 14.3 Å². The van der Waals surface area contributed by atoms with Gasteiger partial charge in [0.05, 0.1) is 12.0 Å². The molecule has 1 atom stereocenters. The van der Waals surface area contributed by atoms with Crippen molar-refractivity contribution in [3.05, 3.63) is 0 Å². The van der Waals surface area contributed by atoms with E-state index in [0.29, 0.717) is 6.54 Å². The lowest BCUT2D eigenvalue weighted by Crippen LogP contribution is -2.37. The molecule has 0 aromatic carbocycles. The van der Waals surface area contributed by atoms with Crippen LogP contribution < -0.4 is 5.32 Å². The van der Waals surface area contributed by atoms with Gasteiger partial charge in [-0.1, -0.05) is 0 Å². The molecule has 0 bridgehead atoms. The van der Waals surface area contributed by atoms with Crippen molar-refractivity contribution in [2.24, 2.45) is 5.41 Å². The second-order valence-electron chi connectivity index (χ2n) is 3.68. The standard InChI is InChI=1S/C10H19NO3/c1-5-11-9(13)6-10(3,7-14-4)8(2)12/h5-7H2,1-4H3,(H,11,13). The van der Waals surface area contributed by atoms with Crippen molar-refractivity contribution in [3.63, 3.8) is 0 Å². The van der Waals surface area contributed by atoms with E-state index in [4.69, 9.17) is 4.74 Å². The van der Waals surface area contributed by atoms with E-state index in [9.17, 15) is 9.59 Å². The van der Waals surface area contributed by atoms with Crippen LogP contribution in [-0.4, -0.2) is 32.0 Å². The predicted octanol–water partition coefficient (Wildman–Crippen LogP) is 0.754. The summed E-state index contributed by atoms with van der Waals surface area (Å²) in [6.07, 6.45) is 0.185. The lowest BCUT2D eigenvalue weighted by Gasteiger charge is -2.24. The number of ketones is 1. The highest BCUT2D eigenvalue weighted by Crippen LogP contribution is 2.22. The second-order valence-corrected chi connectivity index (χ2v) is 3.68.